The lowest BCUT2D eigenvalue weighted by Gasteiger charge is -1.92. The van der Waals surface area contributed by atoms with Crippen molar-refractivity contribution < 1.29 is 4.79 Å². The van der Waals surface area contributed by atoms with E-state index in [0.717, 1.165) is 0 Å². The predicted molar refractivity (Wildman–Crippen MR) is 42.1 cm³/mol. The van der Waals surface area contributed by atoms with Gasteiger partial charge in [0.1, 0.15) is 5.69 Å². The second-order valence-corrected chi connectivity index (χ2v) is 2.45. The fourth-order valence-electron chi connectivity index (χ4n) is 0.533. The van der Waals surface area contributed by atoms with Crippen LogP contribution in [0.4, 0.5) is 0 Å². The summed E-state index contributed by atoms with van der Waals surface area (Å²) in [7, 11) is 0. The molecular weight excluding hydrogens is 187 g/mol. The van der Waals surface area contributed by atoms with Gasteiger partial charge < -0.3 is 0 Å². The average molecular weight is 191 g/mol. The Balaban J connectivity index is 2.90. The van der Waals surface area contributed by atoms with E-state index >= 15 is 0 Å². The molecule has 0 saturated carbocycles. The molecule has 1 rings (SSSR count). The van der Waals surface area contributed by atoms with Crippen LogP contribution < -0.4 is 0 Å². The first-order valence-corrected chi connectivity index (χ1v) is 3.73. The maximum absolute atomic E-state index is 10.8. The van der Waals surface area contributed by atoms with Gasteiger partial charge in [0.05, 0.1) is 5.88 Å². The third-order valence-electron chi connectivity index (χ3n) is 1.04. The molecule has 58 valence electrons. The number of carbonyl (C=O) groups excluding carboxylic acids is 1. The average Bonchev–Trinajstić information content (AvgIpc) is 2.05. The van der Waals surface area contributed by atoms with Crippen molar-refractivity contribution in [1.29, 1.82) is 0 Å². The molecule has 0 aliphatic heterocycles. The number of Topliss-reactive ketones (excluding diaryl/α,β-unsaturated/α-hetero) is 1. The van der Waals surface area contributed by atoms with Crippen molar-refractivity contribution >= 4 is 29.0 Å². The van der Waals surface area contributed by atoms with Gasteiger partial charge >= 0.3 is 0 Å². The van der Waals surface area contributed by atoms with E-state index in [0.29, 0.717) is 0 Å². The lowest BCUT2D eigenvalue weighted by molar-refractivity contribution is 0.101. The highest BCUT2D eigenvalue weighted by Crippen LogP contribution is 2.02. The zero-order valence-electron chi connectivity index (χ0n) is 5.42. The molecule has 0 aromatic carbocycles. The van der Waals surface area contributed by atoms with Crippen LogP contribution in [0, 0.1) is 0 Å². The van der Waals surface area contributed by atoms with Gasteiger partial charge in [0.2, 0.25) is 0 Å². The van der Waals surface area contributed by atoms with Crippen molar-refractivity contribution in [2.45, 2.75) is 0 Å². The van der Waals surface area contributed by atoms with Crippen LogP contribution in [0.25, 0.3) is 0 Å². The monoisotopic (exact) mass is 190 g/mol. The molecule has 0 saturated heterocycles. The molecule has 0 bridgehead atoms. The van der Waals surface area contributed by atoms with Crippen LogP contribution in [0.5, 0.6) is 0 Å². The van der Waals surface area contributed by atoms with Crippen molar-refractivity contribution in [2.24, 2.45) is 0 Å². The van der Waals surface area contributed by atoms with Crippen molar-refractivity contribution in [2.75, 3.05) is 5.88 Å². The summed E-state index contributed by atoms with van der Waals surface area (Å²) in [4.78, 5) is 10.8. The molecular formula is C6H4Cl2N2O. The Morgan fingerprint density at radius 1 is 1.45 bits per heavy atom. The summed E-state index contributed by atoms with van der Waals surface area (Å²) >= 11 is 10.7. The number of carbonyl (C=O) groups is 1. The SMILES string of the molecule is O=C(CCl)c1ccc(Cl)nn1. The van der Waals surface area contributed by atoms with Crippen molar-refractivity contribution in [3.05, 3.63) is 23.0 Å². The fraction of sp³-hybridized carbons (Fsp3) is 0.167. The minimum Gasteiger partial charge on any atom is -0.291 e. The van der Waals surface area contributed by atoms with Crippen molar-refractivity contribution in [3.8, 4) is 0 Å². The molecule has 1 heterocycles. The van der Waals surface area contributed by atoms with Crippen LogP contribution in [0.2, 0.25) is 5.15 Å². The van der Waals surface area contributed by atoms with Gasteiger partial charge in [-0.25, -0.2) is 0 Å². The molecule has 0 fully saturated rings. The molecule has 11 heavy (non-hydrogen) atoms. The van der Waals surface area contributed by atoms with E-state index in [1.165, 1.54) is 12.1 Å². The van der Waals surface area contributed by atoms with Gasteiger partial charge in [-0.2, -0.15) is 0 Å². The highest BCUT2D eigenvalue weighted by molar-refractivity contribution is 6.30. The van der Waals surface area contributed by atoms with Gasteiger partial charge in [0, 0.05) is 0 Å². The first kappa shape index (κ1) is 8.43. The molecule has 0 amide bonds. The predicted octanol–water partition coefficient (Wildman–Crippen LogP) is 1.55. The van der Waals surface area contributed by atoms with Crippen LogP contribution in [-0.2, 0) is 0 Å². The van der Waals surface area contributed by atoms with Gasteiger partial charge in [-0.15, -0.1) is 21.8 Å². The second kappa shape index (κ2) is 3.64. The summed E-state index contributed by atoms with van der Waals surface area (Å²) in [5.74, 6) is -0.341. The van der Waals surface area contributed by atoms with E-state index in [2.05, 4.69) is 10.2 Å². The van der Waals surface area contributed by atoms with E-state index in [9.17, 15) is 4.79 Å². The Bertz CT molecular complexity index is 260. The van der Waals surface area contributed by atoms with E-state index in [-0.39, 0.29) is 22.5 Å². The van der Waals surface area contributed by atoms with Crippen LogP contribution in [0.1, 0.15) is 10.5 Å². The molecule has 0 aliphatic carbocycles. The number of rotatable bonds is 2. The van der Waals surface area contributed by atoms with Crippen molar-refractivity contribution in [3.63, 3.8) is 0 Å². The van der Waals surface area contributed by atoms with E-state index in [1.807, 2.05) is 0 Å². The molecule has 0 radical (unpaired) electrons. The number of ketones is 1. The Morgan fingerprint density at radius 2 is 2.18 bits per heavy atom. The van der Waals surface area contributed by atoms with Gasteiger partial charge in [0.25, 0.3) is 0 Å². The maximum atomic E-state index is 10.8. The summed E-state index contributed by atoms with van der Waals surface area (Å²) in [5, 5.41) is 7.28. The molecule has 0 N–H and O–H groups in total. The number of hydrogen-bond donors (Lipinski definition) is 0. The minimum atomic E-state index is -0.254. The molecule has 0 aliphatic rings. The van der Waals surface area contributed by atoms with Gasteiger partial charge in [0.15, 0.2) is 10.9 Å². The highest BCUT2D eigenvalue weighted by atomic mass is 35.5. The number of alkyl halides is 1. The van der Waals surface area contributed by atoms with Crippen molar-refractivity contribution in [1.82, 2.24) is 10.2 Å². The molecule has 1 aromatic rings. The number of hydrogen-bond acceptors (Lipinski definition) is 3. The first-order valence-electron chi connectivity index (χ1n) is 2.82. The third kappa shape index (κ3) is 2.13. The summed E-state index contributed by atoms with van der Waals surface area (Å²) in [5.41, 5.74) is 0.240. The van der Waals surface area contributed by atoms with E-state index < -0.39 is 0 Å². The Kier molecular flexibility index (Phi) is 2.79. The maximum Gasteiger partial charge on any atom is 0.197 e. The Labute approximate surface area is 73.3 Å². The zero-order valence-corrected chi connectivity index (χ0v) is 6.93. The van der Waals surface area contributed by atoms with E-state index in [1.54, 1.807) is 0 Å². The largest absolute Gasteiger partial charge is 0.291 e. The summed E-state index contributed by atoms with van der Waals surface area (Å²) < 4.78 is 0. The van der Waals surface area contributed by atoms with Crippen LogP contribution >= 0.6 is 23.2 Å². The zero-order chi connectivity index (χ0) is 8.27. The van der Waals surface area contributed by atoms with Gasteiger partial charge in [-0.1, -0.05) is 11.6 Å². The fourth-order valence-corrected chi connectivity index (χ4v) is 0.771. The first-order chi connectivity index (χ1) is 5.24. The normalized spacial score (nSPS) is 9.64. The quantitative estimate of drug-likeness (QED) is 0.526. The molecule has 0 spiro atoms. The second-order valence-electron chi connectivity index (χ2n) is 1.80. The number of nitrogens with zero attached hydrogens (tertiary/aromatic N) is 2. The number of halogens is 2. The summed E-state index contributed by atoms with van der Waals surface area (Å²) in [6, 6.07) is 2.98. The van der Waals surface area contributed by atoms with Crippen LogP contribution in [0.3, 0.4) is 0 Å². The molecule has 3 nitrogen and oxygen atoms in total. The van der Waals surface area contributed by atoms with Crippen LogP contribution in [0.15, 0.2) is 12.1 Å². The highest BCUT2D eigenvalue weighted by Gasteiger charge is 2.04. The lowest BCUT2D eigenvalue weighted by Crippen LogP contribution is -2.04. The van der Waals surface area contributed by atoms with Gasteiger partial charge in [-0.05, 0) is 12.1 Å². The Hall–Kier alpha value is -0.670. The van der Waals surface area contributed by atoms with Crippen LogP contribution in [-0.4, -0.2) is 21.9 Å². The lowest BCUT2D eigenvalue weighted by atomic mass is 10.3. The minimum absolute atomic E-state index is 0.0870. The Morgan fingerprint density at radius 3 is 2.64 bits per heavy atom. The topological polar surface area (TPSA) is 42.9 Å². The number of aromatic nitrogens is 2. The molecule has 0 atom stereocenters. The summed E-state index contributed by atoms with van der Waals surface area (Å²) in [6.07, 6.45) is 0. The molecule has 1 aromatic heterocycles. The molecule has 5 heteroatoms. The summed E-state index contributed by atoms with van der Waals surface area (Å²) in [6.45, 7) is 0. The third-order valence-corrected chi connectivity index (χ3v) is 1.48. The van der Waals surface area contributed by atoms with E-state index in [4.69, 9.17) is 23.2 Å². The molecule has 0 unspecified atom stereocenters. The smallest absolute Gasteiger partial charge is 0.197 e. The standard InChI is InChI=1S/C6H4Cl2N2O/c7-3-5(11)4-1-2-6(8)10-9-4/h1-2H,3H2. The van der Waals surface area contributed by atoms with Gasteiger partial charge in [-0.3, -0.25) is 4.79 Å².